The summed E-state index contributed by atoms with van der Waals surface area (Å²) in [5.74, 6) is 0.724. The van der Waals surface area contributed by atoms with Crippen molar-refractivity contribution < 1.29 is 9.53 Å². The zero-order chi connectivity index (χ0) is 17.6. The van der Waals surface area contributed by atoms with Crippen LogP contribution < -0.4 is 10.1 Å². The average Bonchev–Trinajstić information content (AvgIpc) is 3.06. The molecule has 3 rings (SSSR count). The molecule has 0 aliphatic rings. The molecule has 0 fully saturated rings. The number of ether oxygens (including phenoxy) is 1. The minimum absolute atomic E-state index is 0.0582. The number of aromatic amines is 1. The number of amides is 1. The molecule has 0 saturated carbocycles. The lowest BCUT2D eigenvalue weighted by Crippen LogP contribution is -2.25. The Morgan fingerprint density at radius 3 is 2.60 bits per heavy atom. The summed E-state index contributed by atoms with van der Waals surface area (Å²) < 4.78 is 5.40. The van der Waals surface area contributed by atoms with Gasteiger partial charge in [-0.05, 0) is 55.2 Å². The summed E-state index contributed by atoms with van der Waals surface area (Å²) in [5, 5.41) is 4.23. The molecule has 2 N–H and O–H groups in total. The molecular weight excluding hydrogens is 312 g/mol. The van der Waals surface area contributed by atoms with Gasteiger partial charge >= 0.3 is 0 Å². The molecule has 130 valence electrons. The number of carbonyl (C=O) groups is 1. The number of benzene rings is 2. The van der Waals surface area contributed by atoms with Crippen LogP contribution >= 0.6 is 0 Å². The summed E-state index contributed by atoms with van der Waals surface area (Å²) in [5.41, 5.74) is 4.41. The minimum atomic E-state index is -0.0582. The molecule has 0 unspecified atom stereocenters. The lowest BCUT2D eigenvalue weighted by molar-refractivity contribution is 0.0954. The molecular formula is C21H24N2O2. The van der Waals surface area contributed by atoms with E-state index in [1.165, 1.54) is 22.0 Å². The molecule has 0 spiro atoms. The first-order valence-electron chi connectivity index (χ1n) is 8.81. The van der Waals surface area contributed by atoms with E-state index in [0.717, 1.165) is 18.6 Å². The standard InChI is InChI=1S/C21H24N2O2/c1-3-15-6-5-7-19-17(14-23-20(15)19)12-13-22-21(24)16-8-10-18(11-9-16)25-4-2/h5-11,14,23H,3-4,12-13H2,1-2H3,(H,22,24). The molecule has 1 amide bonds. The zero-order valence-corrected chi connectivity index (χ0v) is 14.8. The van der Waals surface area contributed by atoms with Crippen molar-refractivity contribution >= 4 is 16.8 Å². The van der Waals surface area contributed by atoms with E-state index in [0.29, 0.717) is 18.7 Å². The van der Waals surface area contributed by atoms with Crippen LogP contribution in [0.1, 0.15) is 35.3 Å². The fraction of sp³-hybridized carbons (Fsp3) is 0.286. The number of aromatic nitrogens is 1. The summed E-state index contributed by atoms with van der Waals surface area (Å²) >= 11 is 0. The van der Waals surface area contributed by atoms with Gasteiger partial charge in [0, 0.05) is 29.2 Å². The second-order valence-corrected chi connectivity index (χ2v) is 5.97. The number of rotatable bonds is 7. The van der Waals surface area contributed by atoms with Gasteiger partial charge in [0.25, 0.3) is 5.91 Å². The van der Waals surface area contributed by atoms with E-state index in [-0.39, 0.29) is 5.91 Å². The molecule has 4 nitrogen and oxygen atoms in total. The van der Waals surface area contributed by atoms with Gasteiger partial charge in [0.2, 0.25) is 0 Å². The number of H-pyrrole nitrogens is 1. The van der Waals surface area contributed by atoms with Gasteiger partial charge in [-0.15, -0.1) is 0 Å². The summed E-state index contributed by atoms with van der Waals surface area (Å²) in [6.45, 7) is 5.33. The van der Waals surface area contributed by atoms with Gasteiger partial charge < -0.3 is 15.0 Å². The van der Waals surface area contributed by atoms with E-state index in [1.807, 2.05) is 25.3 Å². The Hall–Kier alpha value is -2.75. The molecule has 0 radical (unpaired) electrons. The van der Waals surface area contributed by atoms with Crippen molar-refractivity contribution in [3.8, 4) is 5.75 Å². The molecule has 4 heteroatoms. The van der Waals surface area contributed by atoms with E-state index in [4.69, 9.17) is 4.74 Å². The smallest absolute Gasteiger partial charge is 0.251 e. The van der Waals surface area contributed by atoms with E-state index in [9.17, 15) is 4.79 Å². The minimum Gasteiger partial charge on any atom is -0.494 e. The van der Waals surface area contributed by atoms with Crippen molar-refractivity contribution in [3.63, 3.8) is 0 Å². The monoisotopic (exact) mass is 336 g/mol. The van der Waals surface area contributed by atoms with Crippen LogP contribution in [0.25, 0.3) is 10.9 Å². The highest BCUT2D eigenvalue weighted by Gasteiger charge is 2.08. The van der Waals surface area contributed by atoms with E-state index in [2.05, 4.69) is 35.4 Å². The van der Waals surface area contributed by atoms with Crippen LogP contribution in [-0.2, 0) is 12.8 Å². The Bertz CT molecular complexity index is 850. The van der Waals surface area contributed by atoms with Gasteiger partial charge in [0.15, 0.2) is 0 Å². The molecule has 3 aromatic rings. The lowest BCUT2D eigenvalue weighted by Gasteiger charge is -2.07. The van der Waals surface area contributed by atoms with Crippen molar-refractivity contribution in [3.05, 3.63) is 65.4 Å². The summed E-state index contributed by atoms with van der Waals surface area (Å²) in [6, 6.07) is 13.6. The molecule has 0 aliphatic heterocycles. The highest BCUT2D eigenvalue weighted by atomic mass is 16.5. The molecule has 1 heterocycles. The molecule has 0 aliphatic carbocycles. The van der Waals surface area contributed by atoms with Gasteiger partial charge in [-0.3, -0.25) is 4.79 Å². The van der Waals surface area contributed by atoms with Gasteiger partial charge in [0.05, 0.1) is 6.61 Å². The third kappa shape index (κ3) is 3.85. The molecule has 0 saturated heterocycles. The van der Waals surface area contributed by atoms with Crippen molar-refractivity contribution in [2.45, 2.75) is 26.7 Å². The predicted molar refractivity (Wildman–Crippen MR) is 101 cm³/mol. The average molecular weight is 336 g/mol. The molecule has 0 atom stereocenters. The highest BCUT2D eigenvalue weighted by molar-refractivity contribution is 5.94. The maximum Gasteiger partial charge on any atom is 0.251 e. The Kier molecular flexibility index (Phi) is 5.39. The van der Waals surface area contributed by atoms with Gasteiger partial charge in [-0.25, -0.2) is 0 Å². The van der Waals surface area contributed by atoms with Crippen molar-refractivity contribution in [2.24, 2.45) is 0 Å². The normalized spacial score (nSPS) is 10.8. The van der Waals surface area contributed by atoms with Gasteiger partial charge in [-0.2, -0.15) is 0 Å². The van der Waals surface area contributed by atoms with Crippen LogP contribution in [-0.4, -0.2) is 24.0 Å². The summed E-state index contributed by atoms with van der Waals surface area (Å²) in [4.78, 5) is 15.6. The molecule has 0 bridgehead atoms. The third-order valence-electron chi connectivity index (χ3n) is 4.38. The first-order valence-corrected chi connectivity index (χ1v) is 8.81. The summed E-state index contributed by atoms with van der Waals surface area (Å²) in [6.07, 6.45) is 3.86. The Morgan fingerprint density at radius 2 is 1.88 bits per heavy atom. The highest BCUT2D eigenvalue weighted by Crippen LogP contribution is 2.22. The molecule has 2 aromatic carbocycles. The van der Waals surface area contributed by atoms with Crippen LogP contribution in [0.4, 0.5) is 0 Å². The van der Waals surface area contributed by atoms with E-state index in [1.54, 1.807) is 12.1 Å². The quantitative estimate of drug-likeness (QED) is 0.682. The Labute approximate surface area is 148 Å². The van der Waals surface area contributed by atoms with Crippen molar-refractivity contribution in [1.82, 2.24) is 10.3 Å². The van der Waals surface area contributed by atoms with Crippen LogP contribution in [0, 0.1) is 0 Å². The number of aryl methyl sites for hydroxylation is 1. The second-order valence-electron chi connectivity index (χ2n) is 5.97. The Balaban J connectivity index is 1.60. The van der Waals surface area contributed by atoms with Crippen molar-refractivity contribution in [1.29, 1.82) is 0 Å². The number of hydrogen-bond donors (Lipinski definition) is 2. The van der Waals surface area contributed by atoms with Gasteiger partial charge in [-0.1, -0.05) is 25.1 Å². The zero-order valence-electron chi connectivity index (χ0n) is 14.8. The number of fused-ring (bicyclic) bond motifs is 1. The van der Waals surface area contributed by atoms with Crippen LogP contribution in [0.5, 0.6) is 5.75 Å². The number of nitrogens with one attached hydrogen (secondary N) is 2. The van der Waals surface area contributed by atoms with Gasteiger partial charge in [0.1, 0.15) is 5.75 Å². The SMILES string of the molecule is CCOc1ccc(C(=O)NCCc2c[nH]c3c(CC)cccc23)cc1. The maximum atomic E-state index is 12.2. The lowest BCUT2D eigenvalue weighted by atomic mass is 10.1. The molecule has 1 aromatic heterocycles. The maximum absolute atomic E-state index is 12.2. The fourth-order valence-corrected chi connectivity index (χ4v) is 3.06. The third-order valence-corrected chi connectivity index (χ3v) is 4.38. The number of para-hydroxylation sites is 1. The van der Waals surface area contributed by atoms with E-state index < -0.39 is 0 Å². The fourth-order valence-electron chi connectivity index (χ4n) is 3.06. The van der Waals surface area contributed by atoms with Crippen LogP contribution in [0.15, 0.2) is 48.7 Å². The first-order chi connectivity index (χ1) is 12.2. The topological polar surface area (TPSA) is 54.1 Å². The van der Waals surface area contributed by atoms with E-state index >= 15 is 0 Å². The van der Waals surface area contributed by atoms with Crippen LogP contribution in [0.2, 0.25) is 0 Å². The predicted octanol–water partition coefficient (Wildman–Crippen LogP) is 4.10. The molecule has 25 heavy (non-hydrogen) atoms. The first kappa shape index (κ1) is 17.1. The number of carbonyl (C=O) groups excluding carboxylic acids is 1. The Morgan fingerprint density at radius 1 is 1.08 bits per heavy atom. The van der Waals surface area contributed by atoms with Crippen molar-refractivity contribution in [2.75, 3.05) is 13.2 Å². The largest absolute Gasteiger partial charge is 0.494 e. The second kappa shape index (κ2) is 7.88. The summed E-state index contributed by atoms with van der Waals surface area (Å²) in [7, 11) is 0. The number of hydrogen-bond acceptors (Lipinski definition) is 2. The van der Waals surface area contributed by atoms with Crippen LogP contribution in [0.3, 0.4) is 0 Å².